The number of rotatable bonds is 3. The third-order valence-corrected chi connectivity index (χ3v) is 10.2. The van der Waals surface area contributed by atoms with Gasteiger partial charge in [0.05, 0.1) is 11.0 Å². The molecule has 0 aromatic heterocycles. The predicted octanol–water partition coefficient (Wildman–Crippen LogP) is 3.29. The van der Waals surface area contributed by atoms with Crippen molar-refractivity contribution >= 4 is 0 Å². The van der Waals surface area contributed by atoms with E-state index in [-0.39, 0.29) is 17.1 Å². The van der Waals surface area contributed by atoms with Gasteiger partial charge in [-0.3, -0.25) is 4.90 Å². The molecule has 0 radical (unpaired) electrons. The molecule has 172 valence electrons. The molecular weight excluding hydrogens is 402 g/mol. The molecule has 2 aliphatic heterocycles. The summed E-state index contributed by atoms with van der Waals surface area (Å²) in [5.41, 5.74) is 2.12. The smallest absolute Gasteiger partial charge is 0.166 e. The van der Waals surface area contributed by atoms with Crippen LogP contribution in [0.3, 0.4) is 0 Å². The second-order valence-electron chi connectivity index (χ2n) is 12.8. The van der Waals surface area contributed by atoms with Crippen LogP contribution in [0.4, 0.5) is 0 Å². The SMILES string of the molecule is CC(C)(C)[C@@](C)(O)[C@H]1C2=C3[C@H]4Cc5ccc(O)c6c5[C@@]3(CCN4CC3CC3)[C@@H](O6)[C@@]1(O)C2. The normalized spacial score (nSPS) is 41.0. The van der Waals surface area contributed by atoms with Crippen LogP contribution >= 0.6 is 0 Å². The number of likely N-dealkylation sites (tertiary alicyclic amines) is 1. The Labute approximate surface area is 190 Å². The van der Waals surface area contributed by atoms with E-state index in [0.29, 0.717) is 18.2 Å². The van der Waals surface area contributed by atoms with Gasteiger partial charge < -0.3 is 20.1 Å². The standard InChI is InChI=1S/C27H35NO4/c1-24(2,3)25(4,30)22-16-12-27(22,31)23-26-9-10-28(13-14-5-6-14)17(20(16)26)11-15-7-8-18(29)21(32-23)19(15)26/h7-8,14,17,22-23,29-31H,5-6,9-13H2,1-4H3/t17-,22-,23-,25+,26-,27-/m1/s1. The Morgan fingerprint density at radius 1 is 1.19 bits per heavy atom. The second kappa shape index (κ2) is 5.56. The first-order chi connectivity index (χ1) is 15.0. The van der Waals surface area contributed by atoms with Crippen LogP contribution in [0, 0.1) is 17.3 Å². The lowest BCUT2D eigenvalue weighted by molar-refractivity contribution is -0.232. The van der Waals surface area contributed by atoms with Gasteiger partial charge in [-0.25, -0.2) is 0 Å². The molecule has 2 saturated carbocycles. The van der Waals surface area contributed by atoms with Crippen LogP contribution in [0.15, 0.2) is 23.3 Å². The van der Waals surface area contributed by atoms with E-state index in [1.54, 1.807) is 6.07 Å². The fraction of sp³-hybridized carbons (Fsp3) is 0.704. The highest BCUT2D eigenvalue weighted by molar-refractivity contribution is 5.69. The Hall–Kier alpha value is -1.56. The molecule has 7 aliphatic rings. The van der Waals surface area contributed by atoms with Crippen molar-refractivity contribution in [1.29, 1.82) is 0 Å². The number of hydrogen-bond acceptors (Lipinski definition) is 5. The Kier molecular flexibility index (Phi) is 3.45. The Morgan fingerprint density at radius 2 is 1.94 bits per heavy atom. The summed E-state index contributed by atoms with van der Waals surface area (Å²) in [6.07, 6.45) is 4.63. The van der Waals surface area contributed by atoms with E-state index >= 15 is 0 Å². The maximum absolute atomic E-state index is 12.2. The molecule has 8 rings (SSSR count). The number of phenolic OH excluding ortho intramolecular Hbond substituents is 1. The molecule has 1 saturated heterocycles. The summed E-state index contributed by atoms with van der Waals surface area (Å²) >= 11 is 0. The van der Waals surface area contributed by atoms with Crippen molar-refractivity contribution in [2.24, 2.45) is 17.3 Å². The minimum absolute atomic E-state index is 0.177. The zero-order chi connectivity index (χ0) is 22.4. The van der Waals surface area contributed by atoms with Crippen molar-refractivity contribution in [1.82, 2.24) is 4.90 Å². The molecule has 0 unspecified atom stereocenters. The Balaban J connectivity index is 1.48. The molecule has 4 bridgehead atoms. The number of nitrogens with zero attached hydrogens (tertiary/aromatic N) is 1. The summed E-state index contributed by atoms with van der Waals surface area (Å²) in [6, 6.07) is 4.14. The van der Waals surface area contributed by atoms with Crippen LogP contribution < -0.4 is 4.74 Å². The number of piperidine rings is 1. The average Bonchev–Trinajstić information content (AvgIpc) is 3.43. The van der Waals surface area contributed by atoms with Gasteiger partial charge in [-0.2, -0.15) is 0 Å². The summed E-state index contributed by atoms with van der Waals surface area (Å²) in [6.45, 7) is 10.2. The van der Waals surface area contributed by atoms with E-state index in [4.69, 9.17) is 4.74 Å². The molecule has 32 heavy (non-hydrogen) atoms. The average molecular weight is 438 g/mol. The molecule has 5 nitrogen and oxygen atoms in total. The highest BCUT2D eigenvalue weighted by atomic mass is 16.5. The van der Waals surface area contributed by atoms with Crippen LogP contribution in [0.1, 0.15) is 64.5 Å². The molecule has 1 aromatic rings. The van der Waals surface area contributed by atoms with E-state index in [0.717, 1.165) is 37.4 Å². The Morgan fingerprint density at radius 3 is 2.62 bits per heavy atom. The van der Waals surface area contributed by atoms with E-state index in [1.165, 1.54) is 29.6 Å². The van der Waals surface area contributed by atoms with E-state index in [2.05, 4.69) is 31.7 Å². The number of benzene rings is 1. The number of aliphatic hydroxyl groups is 2. The molecule has 6 atom stereocenters. The summed E-state index contributed by atoms with van der Waals surface area (Å²) in [5, 5.41) is 34.8. The van der Waals surface area contributed by atoms with Gasteiger partial charge in [0.1, 0.15) is 11.7 Å². The summed E-state index contributed by atoms with van der Waals surface area (Å²) in [7, 11) is 0. The molecule has 5 aliphatic carbocycles. The van der Waals surface area contributed by atoms with Crippen molar-refractivity contribution in [3.63, 3.8) is 0 Å². The largest absolute Gasteiger partial charge is 0.504 e. The van der Waals surface area contributed by atoms with Crippen molar-refractivity contribution in [2.75, 3.05) is 13.1 Å². The topological polar surface area (TPSA) is 73.2 Å². The van der Waals surface area contributed by atoms with Gasteiger partial charge in [0, 0.05) is 37.0 Å². The maximum Gasteiger partial charge on any atom is 0.166 e. The van der Waals surface area contributed by atoms with Crippen molar-refractivity contribution in [3.8, 4) is 11.5 Å². The van der Waals surface area contributed by atoms with Crippen LogP contribution in [-0.4, -0.2) is 56.7 Å². The molecule has 0 amide bonds. The van der Waals surface area contributed by atoms with Crippen LogP contribution in [0.25, 0.3) is 0 Å². The monoisotopic (exact) mass is 437 g/mol. The van der Waals surface area contributed by atoms with Crippen LogP contribution in [0.5, 0.6) is 11.5 Å². The minimum atomic E-state index is -1.13. The number of ether oxygens (including phenoxy) is 1. The lowest BCUT2D eigenvalue weighted by Crippen LogP contribution is -2.78. The second-order valence-corrected chi connectivity index (χ2v) is 12.8. The first-order valence-corrected chi connectivity index (χ1v) is 12.4. The van der Waals surface area contributed by atoms with Gasteiger partial charge in [0.2, 0.25) is 0 Å². The lowest BCUT2D eigenvalue weighted by atomic mass is 9.39. The molecule has 2 heterocycles. The molecule has 1 aromatic carbocycles. The zero-order valence-corrected chi connectivity index (χ0v) is 19.6. The highest BCUT2D eigenvalue weighted by Crippen LogP contribution is 2.73. The third-order valence-electron chi connectivity index (χ3n) is 10.2. The third kappa shape index (κ3) is 2.04. The molecule has 3 N–H and O–H groups in total. The summed E-state index contributed by atoms with van der Waals surface area (Å²) in [5.74, 6) is 1.23. The first kappa shape index (κ1) is 19.9. The van der Waals surface area contributed by atoms with E-state index in [9.17, 15) is 15.3 Å². The predicted molar refractivity (Wildman–Crippen MR) is 121 cm³/mol. The number of phenols is 1. The van der Waals surface area contributed by atoms with Crippen LogP contribution in [0.2, 0.25) is 0 Å². The quantitative estimate of drug-likeness (QED) is 0.633. The molecule has 5 heteroatoms. The van der Waals surface area contributed by atoms with E-state index < -0.39 is 22.7 Å². The van der Waals surface area contributed by atoms with Gasteiger partial charge in [0.15, 0.2) is 11.5 Å². The van der Waals surface area contributed by atoms with E-state index in [1.807, 2.05) is 6.92 Å². The van der Waals surface area contributed by atoms with Crippen LogP contribution in [-0.2, 0) is 11.8 Å². The minimum Gasteiger partial charge on any atom is -0.504 e. The lowest BCUT2D eigenvalue weighted by Gasteiger charge is -2.69. The first-order valence-electron chi connectivity index (χ1n) is 12.4. The number of aromatic hydroxyl groups is 1. The molecule has 1 spiro atoms. The van der Waals surface area contributed by atoms with Gasteiger partial charge in [-0.05, 0) is 61.1 Å². The maximum atomic E-state index is 12.2. The van der Waals surface area contributed by atoms with Gasteiger partial charge in [0.25, 0.3) is 0 Å². The van der Waals surface area contributed by atoms with Crippen molar-refractivity contribution in [3.05, 3.63) is 34.4 Å². The van der Waals surface area contributed by atoms with Crippen molar-refractivity contribution in [2.45, 2.75) is 88.6 Å². The summed E-state index contributed by atoms with van der Waals surface area (Å²) in [4.78, 5) is 2.68. The Bertz CT molecular complexity index is 1080. The van der Waals surface area contributed by atoms with Gasteiger partial charge in [-0.1, -0.05) is 32.4 Å². The highest BCUT2D eigenvalue weighted by Gasteiger charge is 2.77. The molecular formula is C27H35NO4. The van der Waals surface area contributed by atoms with Gasteiger partial charge >= 0.3 is 0 Å². The molecule has 3 fully saturated rings. The number of hydrogen-bond donors (Lipinski definition) is 3. The summed E-state index contributed by atoms with van der Waals surface area (Å²) < 4.78 is 6.57. The fourth-order valence-electron chi connectivity index (χ4n) is 8.12. The fourth-order valence-corrected chi connectivity index (χ4v) is 8.12. The van der Waals surface area contributed by atoms with Gasteiger partial charge in [-0.15, -0.1) is 0 Å². The zero-order valence-electron chi connectivity index (χ0n) is 19.6. The van der Waals surface area contributed by atoms with Crippen molar-refractivity contribution < 1.29 is 20.1 Å².